The summed E-state index contributed by atoms with van der Waals surface area (Å²) in [5.41, 5.74) is 2.01. The molecule has 0 spiro atoms. The second-order valence-corrected chi connectivity index (χ2v) is 3.15. The molecule has 1 aromatic heterocycles. The van der Waals surface area contributed by atoms with E-state index in [-0.39, 0.29) is 0 Å². The summed E-state index contributed by atoms with van der Waals surface area (Å²) in [7, 11) is 1.87. The second-order valence-electron chi connectivity index (χ2n) is 3.15. The molecule has 1 heterocycles. The van der Waals surface area contributed by atoms with Crippen LogP contribution in [-0.4, -0.2) is 17.0 Å². The molecule has 0 atom stereocenters. The summed E-state index contributed by atoms with van der Waals surface area (Å²) in [6.45, 7) is 6.19. The first-order chi connectivity index (χ1) is 5.65. The van der Waals surface area contributed by atoms with Gasteiger partial charge in [0.2, 0.25) is 0 Å². The van der Waals surface area contributed by atoms with Crippen LogP contribution in [0.1, 0.15) is 31.2 Å². The van der Waals surface area contributed by atoms with E-state index in [9.17, 15) is 0 Å². The average Bonchev–Trinajstić information content (AvgIpc) is 2.04. The lowest BCUT2D eigenvalue weighted by Crippen LogP contribution is -2.04. The topological polar surface area (TPSA) is 37.8 Å². The predicted molar refractivity (Wildman–Crippen MR) is 50.4 cm³/mol. The Bertz CT molecular complexity index is 268. The summed E-state index contributed by atoms with van der Waals surface area (Å²) in [4.78, 5) is 8.66. The number of nitrogens with zero attached hydrogens (tertiary/aromatic N) is 2. The molecule has 1 rings (SSSR count). The molecule has 0 bridgehead atoms. The van der Waals surface area contributed by atoms with Crippen LogP contribution in [0.4, 0.5) is 5.82 Å². The minimum absolute atomic E-state index is 0.417. The molecule has 66 valence electrons. The number of nitrogens with one attached hydrogen (secondary N) is 1. The summed E-state index contributed by atoms with van der Waals surface area (Å²) >= 11 is 0. The van der Waals surface area contributed by atoms with Crippen LogP contribution in [-0.2, 0) is 0 Å². The third-order valence-electron chi connectivity index (χ3n) is 1.70. The number of hydrogen-bond acceptors (Lipinski definition) is 3. The molecule has 0 saturated carbocycles. The summed E-state index contributed by atoms with van der Waals surface area (Å²) in [6, 6.07) is 0. The van der Waals surface area contributed by atoms with Gasteiger partial charge in [0, 0.05) is 7.05 Å². The Morgan fingerprint density at radius 2 is 2.08 bits per heavy atom. The van der Waals surface area contributed by atoms with E-state index in [2.05, 4.69) is 29.1 Å². The van der Waals surface area contributed by atoms with Crippen molar-refractivity contribution < 1.29 is 0 Å². The monoisotopic (exact) mass is 165 g/mol. The third kappa shape index (κ3) is 1.72. The van der Waals surface area contributed by atoms with Gasteiger partial charge in [-0.1, -0.05) is 13.8 Å². The van der Waals surface area contributed by atoms with Crippen LogP contribution in [0.5, 0.6) is 0 Å². The Morgan fingerprint density at radius 1 is 1.42 bits per heavy atom. The van der Waals surface area contributed by atoms with Crippen LogP contribution in [0.2, 0.25) is 0 Å². The molecule has 1 N–H and O–H groups in total. The minimum atomic E-state index is 0.417. The Morgan fingerprint density at radius 3 is 2.58 bits per heavy atom. The standard InChI is InChI=1S/C9H15N3/c1-6(2)8-9(10-4)11-5-7(3)12-8/h5-6H,1-4H3,(H,10,11). The molecule has 0 fully saturated rings. The molecule has 0 unspecified atom stereocenters. The van der Waals surface area contributed by atoms with E-state index in [0.717, 1.165) is 17.2 Å². The molecular weight excluding hydrogens is 150 g/mol. The first-order valence-electron chi connectivity index (χ1n) is 4.16. The SMILES string of the molecule is CNc1ncc(C)nc1C(C)C. The highest BCUT2D eigenvalue weighted by Crippen LogP contribution is 2.18. The molecule has 0 radical (unpaired) electrons. The molecule has 0 aliphatic carbocycles. The van der Waals surface area contributed by atoms with Gasteiger partial charge in [-0.15, -0.1) is 0 Å². The number of aryl methyl sites for hydroxylation is 1. The smallest absolute Gasteiger partial charge is 0.147 e. The van der Waals surface area contributed by atoms with E-state index in [1.54, 1.807) is 6.20 Å². The van der Waals surface area contributed by atoms with Crippen LogP contribution in [0.15, 0.2) is 6.20 Å². The first kappa shape index (κ1) is 8.97. The highest BCUT2D eigenvalue weighted by atomic mass is 15.0. The van der Waals surface area contributed by atoms with Crippen LogP contribution >= 0.6 is 0 Å². The lowest BCUT2D eigenvalue weighted by Gasteiger charge is -2.10. The molecule has 3 nitrogen and oxygen atoms in total. The molecule has 0 saturated heterocycles. The summed E-state index contributed by atoms with van der Waals surface area (Å²) in [5, 5.41) is 3.03. The zero-order valence-electron chi connectivity index (χ0n) is 8.05. The normalized spacial score (nSPS) is 10.4. The summed E-state index contributed by atoms with van der Waals surface area (Å²) in [5.74, 6) is 1.30. The van der Waals surface area contributed by atoms with Gasteiger partial charge in [0.05, 0.1) is 17.6 Å². The van der Waals surface area contributed by atoms with Crippen LogP contribution in [0.3, 0.4) is 0 Å². The van der Waals surface area contributed by atoms with Crippen molar-refractivity contribution in [1.29, 1.82) is 0 Å². The molecule has 0 aromatic carbocycles. The zero-order valence-corrected chi connectivity index (χ0v) is 8.05. The van der Waals surface area contributed by atoms with Crippen molar-refractivity contribution in [2.75, 3.05) is 12.4 Å². The van der Waals surface area contributed by atoms with Gasteiger partial charge < -0.3 is 5.32 Å². The van der Waals surface area contributed by atoms with Gasteiger partial charge in [0.1, 0.15) is 5.82 Å². The van der Waals surface area contributed by atoms with Crippen LogP contribution in [0, 0.1) is 6.92 Å². The van der Waals surface area contributed by atoms with Gasteiger partial charge in [-0.3, -0.25) is 4.98 Å². The maximum Gasteiger partial charge on any atom is 0.147 e. The average molecular weight is 165 g/mol. The Hall–Kier alpha value is -1.12. The van der Waals surface area contributed by atoms with E-state index in [4.69, 9.17) is 0 Å². The van der Waals surface area contributed by atoms with Crippen molar-refractivity contribution in [2.45, 2.75) is 26.7 Å². The quantitative estimate of drug-likeness (QED) is 0.727. The molecule has 0 aliphatic heterocycles. The largest absolute Gasteiger partial charge is 0.372 e. The van der Waals surface area contributed by atoms with Crippen molar-refractivity contribution in [3.8, 4) is 0 Å². The molecule has 0 amide bonds. The van der Waals surface area contributed by atoms with Crippen molar-refractivity contribution in [3.63, 3.8) is 0 Å². The molecular formula is C9H15N3. The molecule has 12 heavy (non-hydrogen) atoms. The maximum absolute atomic E-state index is 4.42. The third-order valence-corrected chi connectivity index (χ3v) is 1.70. The number of aromatic nitrogens is 2. The fourth-order valence-corrected chi connectivity index (χ4v) is 1.09. The number of rotatable bonds is 2. The number of hydrogen-bond donors (Lipinski definition) is 1. The van der Waals surface area contributed by atoms with Crippen LogP contribution < -0.4 is 5.32 Å². The van der Waals surface area contributed by atoms with E-state index in [0.29, 0.717) is 5.92 Å². The highest BCUT2D eigenvalue weighted by Gasteiger charge is 2.07. The van der Waals surface area contributed by atoms with Crippen molar-refractivity contribution in [3.05, 3.63) is 17.6 Å². The lowest BCUT2D eigenvalue weighted by molar-refractivity contribution is 0.806. The van der Waals surface area contributed by atoms with Gasteiger partial charge in [-0.05, 0) is 12.8 Å². The lowest BCUT2D eigenvalue weighted by atomic mass is 10.1. The zero-order chi connectivity index (χ0) is 9.14. The summed E-state index contributed by atoms with van der Waals surface area (Å²) < 4.78 is 0. The van der Waals surface area contributed by atoms with E-state index in [1.807, 2.05) is 14.0 Å². The predicted octanol–water partition coefficient (Wildman–Crippen LogP) is 1.95. The summed E-state index contributed by atoms with van der Waals surface area (Å²) in [6.07, 6.45) is 1.78. The maximum atomic E-state index is 4.42. The molecule has 3 heteroatoms. The van der Waals surface area contributed by atoms with Crippen molar-refractivity contribution >= 4 is 5.82 Å². The molecule has 0 aliphatic rings. The molecule has 1 aromatic rings. The van der Waals surface area contributed by atoms with Gasteiger partial charge in [-0.2, -0.15) is 0 Å². The van der Waals surface area contributed by atoms with Gasteiger partial charge in [0.15, 0.2) is 0 Å². The van der Waals surface area contributed by atoms with Crippen molar-refractivity contribution in [2.24, 2.45) is 0 Å². The van der Waals surface area contributed by atoms with Gasteiger partial charge in [-0.25, -0.2) is 4.98 Å². The Kier molecular flexibility index (Phi) is 2.63. The fraction of sp³-hybridized carbons (Fsp3) is 0.556. The second kappa shape index (κ2) is 3.52. The Balaban J connectivity index is 3.12. The van der Waals surface area contributed by atoms with Crippen molar-refractivity contribution in [1.82, 2.24) is 9.97 Å². The highest BCUT2D eigenvalue weighted by molar-refractivity contribution is 5.40. The van der Waals surface area contributed by atoms with E-state index >= 15 is 0 Å². The first-order valence-corrected chi connectivity index (χ1v) is 4.16. The van der Waals surface area contributed by atoms with E-state index in [1.165, 1.54) is 0 Å². The van der Waals surface area contributed by atoms with Gasteiger partial charge in [0.25, 0.3) is 0 Å². The number of anilines is 1. The van der Waals surface area contributed by atoms with Gasteiger partial charge >= 0.3 is 0 Å². The Labute approximate surface area is 73.2 Å². The van der Waals surface area contributed by atoms with Crippen LogP contribution in [0.25, 0.3) is 0 Å². The van der Waals surface area contributed by atoms with E-state index < -0.39 is 0 Å². The minimum Gasteiger partial charge on any atom is -0.372 e. The fourth-order valence-electron chi connectivity index (χ4n) is 1.09.